The van der Waals surface area contributed by atoms with Crippen LogP contribution >= 0.6 is 0 Å². The van der Waals surface area contributed by atoms with Crippen LogP contribution in [0, 0.1) is 5.92 Å². The van der Waals surface area contributed by atoms with Gasteiger partial charge in [-0.05, 0) is 62.4 Å². The van der Waals surface area contributed by atoms with Crippen LogP contribution in [0.15, 0.2) is 48.7 Å². The lowest BCUT2D eigenvalue weighted by Crippen LogP contribution is -2.39. The summed E-state index contributed by atoms with van der Waals surface area (Å²) in [5.41, 5.74) is 2.07. The molecule has 2 aliphatic rings. The van der Waals surface area contributed by atoms with E-state index in [4.69, 9.17) is 4.74 Å². The summed E-state index contributed by atoms with van der Waals surface area (Å²) in [6.45, 7) is 7.01. The fourth-order valence-electron chi connectivity index (χ4n) is 4.44. The van der Waals surface area contributed by atoms with Crippen LogP contribution in [0.25, 0.3) is 0 Å². The van der Waals surface area contributed by atoms with Crippen LogP contribution < -0.4 is 10.2 Å². The second-order valence-corrected chi connectivity index (χ2v) is 8.57. The number of anilines is 1. The molecular weight excluding hydrogens is 388 g/mol. The van der Waals surface area contributed by atoms with Gasteiger partial charge in [-0.2, -0.15) is 0 Å². The number of pyridine rings is 1. The third-order valence-electron chi connectivity index (χ3n) is 6.45. The molecule has 2 aromatic rings. The maximum Gasteiger partial charge on any atom is 0.252 e. The molecule has 31 heavy (non-hydrogen) atoms. The number of nitrogens with zero attached hydrogens (tertiary/aromatic N) is 3. The van der Waals surface area contributed by atoms with Crippen molar-refractivity contribution < 1.29 is 9.53 Å². The summed E-state index contributed by atoms with van der Waals surface area (Å²) < 4.78 is 5.38. The van der Waals surface area contributed by atoms with Gasteiger partial charge in [0.1, 0.15) is 5.82 Å². The number of rotatable bonds is 8. The second kappa shape index (κ2) is 11.3. The van der Waals surface area contributed by atoms with Crippen molar-refractivity contribution in [3.63, 3.8) is 0 Å². The minimum Gasteiger partial charge on any atom is -0.378 e. The number of carbonyl (C=O) groups is 1. The number of hydrogen-bond acceptors (Lipinski definition) is 5. The number of hydrogen-bond donors (Lipinski definition) is 1. The Morgan fingerprint density at radius 1 is 1.03 bits per heavy atom. The first-order valence-corrected chi connectivity index (χ1v) is 11.6. The van der Waals surface area contributed by atoms with Crippen LogP contribution in [-0.2, 0) is 11.2 Å². The fourth-order valence-corrected chi connectivity index (χ4v) is 4.44. The third kappa shape index (κ3) is 6.52. The van der Waals surface area contributed by atoms with Gasteiger partial charge in [0.05, 0.1) is 18.8 Å². The normalized spacial score (nSPS) is 18.1. The Hall–Kier alpha value is -2.44. The molecule has 1 aromatic carbocycles. The lowest BCUT2D eigenvalue weighted by atomic mass is 9.90. The largest absolute Gasteiger partial charge is 0.378 e. The molecule has 166 valence electrons. The predicted molar refractivity (Wildman–Crippen MR) is 124 cm³/mol. The summed E-state index contributed by atoms with van der Waals surface area (Å²) in [4.78, 5) is 21.6. The van der Waals surface area contributed by atoms with Crippen molar-refractivity contribution >= 4 is 11.7 Å². The zero-order valence-electron chi connectivity index (χ0n) is 18.3. The SMILES string of the molecule is O=C(NCCN1CCC(CCc2ccccc2)CC1)c1ccc(N2CCOCC2)nc1. The van der Waals surface area contributed by atoms with Gasteiger partial charge in [0.25, 0.3) is 5.91 Å². The van der Waals surface area contributed by atoms with Gasteiger partial charge in [-0.25, -0.2) is 4.98 Å². The van der Waals surface area contributed by atoms with Crippen LogP contribution in [0.4, 0.5) is 5.82 Å². The van der Waals surface area contributed by atoms with E-state index < -0.39 is 0 Å². The zero-order valence-corrected chi connectivity index (χ0v) is 18.3. The van der Waals surface area contributed by atoms with E-state index >= 15 is 0 Å². The Kier molecular flexibility index (Phi) is 7.91. The molecule has 6 heteroatoms. The molecule has 0 radical (unpaired) electrons. The van der Waals surface area contributed by atoms with Crippen LogP contribution in [0.1, 0.15) is 35.2 Å². The number of nitrogens with one attached hydrogen (secondary N) is 1. The van der Waals surface area contributed by atoms with Crippen molar-refractivity contribution in [3.05, 3.63) is 59.8 Å². The van der Waals surface area contributed by atoms with Gasteiger partial charge >= 0.3 is 0 Å². The van der Waals surface area contributed by atoms with Gasteiger partial charge in [0, 0.05) is 32.4 Å². The standard InChI is InChI=1S/C25H34N4O2/c30-25(23-8-9-24(27-20-23)29-16-18-31-19-17-29)26-12-15-28-13-10-22(11-14-28)7-6-21-4-2-1-3-5-21/h1-5,8-9,20,22H,6-7,10-19H2,(H,26,30). The Balaban J connectivity index is 1.12. The minimum absolute atomic E-state index is 0.0428. The number of likely N-dealkylation sites (tertiary alicyclic amines) is 1. The highest BCUT2D eigenvalue weighted by atomic mass is 16.5. The number of aromatic nitrogens is 1. The first kappa shape index (κ1) is 21.8. The minimum atomic E-state index is -0.0428. The third-order valence-corrected chi connectivity index (χ3v) is 6.45. The Bertz CT molecular complexity index is 798. The molecule has 1 aromatic heterocycles. The monoisotopic (exact) mass is 422 g/mol. The molecule has 0 spiro atoms. The smallest absolute Gasteiger partial charge is 0.252 e. The van der Waals surface area contributed by atoms with Crippen molar-refractivity contribution in [1.29, 1.82) is 0 Å². The highest BCUT2D eigenvalue weighted by Gasteiger charge is 2.19. The Morgan fingerprint density at radius 2 is 1.81 bits per heavy atom. The quantitative estimate of drug-likeness (QED) is 0.709. The molecule has 0 saturated carbocycles. The van der Waals surface area contributed by atoms with Crippen LogP contribution in [-0.4, -0.2) is 68.3 Å². The summed E-state index contributed by atoms with van der Waals surface area (Å²) in [5.74, 6) is 1.69. The molecule has 2 aliphatic heterocycles. The molecule has 0 atom stereocenters. The van der Waals surface area contributed by atoms with E-state index in [0.29, 0.717) is 12.1 Å². The van der Waals surface area contributed by atoms with Gasteiger partial charge in [-0.3, -0.25) is 4.79 Å². The van der Waals surface area contributed by atoms with Gasteiger partial charge in [0.15, 0.2) is 0 Å². The Labute approximate surface area is 185 Å². The van der Waals surface area contributed by atoms with Crippen molar-refractivity contribution in [2.45, 2.75) is 25.7 Å². The number of aryl methyl sites for hydroxylation is 1. The summed E-state index contributed by atoms with van der Waals surface area (Å²) in [6, 6.07) is 14.6. The second-order valence-electron chi connectivity index (χ2n) is 8.57. The molecule has 0 aliphatic carbocycles. The summed E-state index contributed by atoms with van der Waals surface area (Å²) in [7, 11) is 0. The van der Waals surface area contributed by atoms with E-state index in [1.165, 1.54) is 31.2 Å². The van der Waals surface area contributed by atoms with Crippen molar-refractivity contribution in [1.82, 2.24) is 15.2 Å². The van der Waals surface area contributed by atoms with E-state index in [2.05, 4.69) is 50.4 Å². The number of amides is 1. The average molecular weight is 423 g/mol. The first-order valence-electron chi connectivity index (χ1n) is 11.6. The van der Waals surface area contributed by atoms with E-state index in [1.54, 1.807) is 6.20 Å². The highest BCUT2D eigenvalue weighted by molar-refractivity contribution is 5.94. The summed E-state index contributed by atoms with van der Waals surface area (Å²) in [6.07, 6.45) is 6.65. The lowest BCUT2D eigenvalue weighted by molar-refractivity contribution is 0.0943. The number of piperidine rings is 1. The van der Waals surface area contributed by atoms with Gasteiger partial charge in [-0.15, -0.1) is 0 Å². The molecule has 6 nitrogen and oxygen atoms in total. The lowest BCUT2D eigenvalue weighted by Gasteiger charge is -2.32. The van der Waals surface area contributed by atoms with E-state index in [1.807, 2.05) is 12.1 Å². The number of ether oxygens (including phenoxy) is 1. The molecule has 4 rings (SSSR count). The van der Waals surface area contributed by atoms with Crippen LogP contribution in [0.2, 0.25) is 0 Å². The number of benzene rings is 1. The summed E-state index contributed by atoms with van der Waals surface area (Å²) in [5, 5.41) is 3.05. The van der Waals surface area contributed by atoms with Crippen molar-refractivity contribution in [2.75, 3.05) is 57.4 Å². The fraction of sp³-hybridized carbons (Fsp3) is 0.520. The van der Waals surface area contributed by atoms with Gasteiger partial charge in [-0.1, -0.05) is 30.3 Å². The van der Waals surface area contributed by atoms with E-state index in [9.17, 15) is 4.79 Å². The number of carbonyl (C=O) groups excluding carboxylic acids is 1. The topological polar surface area (TPSA) is 57.7 Å². The molecule has 2 saturated heterocycles. The molecule has 0 unspecified atom stereocenters. The molecule has 1 N–H and O–H groups in total. The predicted octanol–water partition coefficient (Wildman–Crippen LogP) is 2.99. The molecule has 2 fully saturated rings. The maximum absolute atomic E-state index is 12.4. The van der Waals surface area contributed by atoms with Crippen LogP contribution in [0.5, 0.6) is 0 Å². The van der Waals surface area contributed by atoms with E-state index in [0.717, 1.165) is 57.7 Å². The average Bonchev–Trinajstić information content (AvgIpc) is 2.85. The Morgan fingerprint density at radius 3 is 2.52 bits per heavy atom. The zero-order chi connectivity index (χ0) is 21.3. The first-order chi connectivity index (χ1) is 15.3. The summed E-state index contributed by atoms with van der Waals surface area (Å²) >= 11 is 0. The highest BCUT2D eigenvalue weighted by Crippen LogP contribution is 2.22. The maximum atomic E-state index is 12.4. The van der Waals surface area contributed by atoms with Crippen LogP contribution in [0.3, 0.4) is 0 Å². The van der Waals surface area contributed by atoms with Crippen molar-refractivity contribution in [2.24, 2.45) is 5.92 Å². The molecule has 0 bridgehead atoms. The number of morpholine rings is 1. The molecule has 3 heterocycles. The van der Waals surface area contributed by atoms with E-state index in [-0.39, 0.29) is 5.91 Å². The molecular formula is C25H34N4O2. The van der Waals surface area contributed by atoms with Gasteiger partial charge < -0.3 is 19.9 Å². The molecule has 1 amide bonds. The van der Waals surface area contributed by atoms with Crippen molar-refractivity contribution in [3.8, 4) is 0 Å². The van der Waals surface area contributed by atoms with Gasteiger partial charge in [0.2, 0.25) is 0 Å².